The number of methoxy groups -OCH3 is 2. The van der Waals surface area contributed by atoms with E-state index in [4.69, 9.17) is 21.1 Å². The fourth-order valence-corrected chi connectivity index (χ4v) is 3.72. The molecular weight excluding hydrogens is 432 g/mol. The van der Waals surface area contributed by atoms with Crippen molar-refractivity contribution in [3.05, 3.63) is 87.9 Å². The summed E-state index contributed by atoms with van der Waals surface area (Å²) in [6, 6.07) is 16.7. The molecule has 162 valence electrons. The largest absolute Gasteiger partial charge is 0.495 e. The predicted molar refractivity (Wildman–Crippen MR) is 120 cm³/mol. The highest BCUT2D eigenvalue weighted by Crippen LogP contribution is 2.36. The van der Waals surface area contributed by atoms with Crippen LogP contribution in [0.5, 0.6) is 11.5 Å². The van der Waals surface area contributed by atoms with Gasteiger partial charge in [0, 0.05) is 17.7 Å². The Labute approximate surface area is 189 Å². The first-order valence-electron chi connectivity index (χ1n) is 9.70. The molecule has 4 rings (SSSR count). The number of ether oxygens (including phenoxy) is 2. The Kier molecular flexibility index (Phi) is 5.83. The second kappa shape index (κ2) is 8.72. The van der Waals surface area contributed by atoms with Gasteiger partial charge in [0.15, 0.2) is 0 Å². The molecular formula is C24H19ClN2O5. The van der Waals surface area contributed by atoms with E-state index in [1.807, 2.05) is 30.3 Å². The first-order valence-corrected chi connectivity index (χ1v) is 10.1. The molecule has 1 aliphatic heterocycles. The molecule has 3 aromatic carbocycles. The van der Waals surface area contributed by atoms with Crippen LogP contribution >= 0.6 is 11.6 Å². The summed E-state index contributed by atoms with van der Waals surface area (Å²) in [6.45, 7) is 0.163. The van der Waals surface area contributed by atoms with Crippen molar-refractivity contribution < 1.29 is 23.9 Å². The topological polar surface area (TPSA) is 84.9 Å². The normalized spacial score (nSPS) is 12.5. The zero-order chi connectivity index (χ0) is 22.8. The van der Waals surface area contributed by atoms with Crippen molar-refractivity contribution in [2.24, 2.45) is 0 Å². The first kappa shape index (κ1) is 21.4. The van der Waals surface area contributed by atoms with Gasteiger partial charge in [0.25, 0.3) is 17.7 Å². The lowest BCUT2D eigenvalue weighted by Gasteiger charge is -2.13. The number of carbonyl (C=O) groups is 3. The van der Waals surface area contributed by atoms with Crippen LogP contribution in [-0.4, -0.2) is 36.8 Å². The average molecular weight is 451 g/mol. The van der Waals surface area contributed by atoms with E-state index in [9.17, 15) is 14.4 Å². The van der Waals surface area contributed by atoms with Crippen LogP contribution in [0.15, 0.2) is 60.7 Å². The zero-order valence-corrected chi connectivity index (χ0v) is 18.1. The highest BCUT2D eigenvalue weighted by atomic mass is 35.5. The van der Waals surface area contributed by atoms with E-state index in [0.717, 1.165) is 5.56 Å². The molecule has 0 fully saturated rings. The molecule has 1 aliphatic rings. The minimum Gasteiger partial charge on any atom is -0.495 e. The van der Waals surface area contributed by atoms with Crippen molar-refractivity contribution >= 4 is 35.0 Å². The number of nitrogens with zero attached hydrogens (tertiary/aromatic N) is 1. The number of hydrogen-bond acceptors (Lipinski definition) is 5. The molecule has 0 unspecified atom stereocenters. The van der Waals surface area contributed by atoms with Crippen LogP contribution in [0.2, 0.25) is 5.02 Å². The van der Waals surface area contributed by atoms with Gasteiger partial charge >= 0.3 is 0 Å². The van der Waals surface area contributed by atoms with Crippen molar-refractivity contribution in [1.82, 2.24) is 4.90 Å². The van der Waals surface area contributed by atoms with E-state index >= 15 is 0 Å². The minimum atomic E-state index is -0.475. The summed E-state index contributed by atoms with van der Waals surface area (Å²) in [6.07, 6.45) is 0. The molecule has 0 radical (unpaired) electrons. The third-order valence-corrected chi connectivity index (χ3v) is 5.43. The van der Waals surface area contributed by atoms with Gasteiger partial charge in [-0.15, -0.1) is 0 Å². The third-order valence-electron chi connectivity index (χ3n) is 5.14. The Morgan fingerprint density at radius 2 is 1.59 bits per heavy atom. The van der Waals surface area contributed by atoms with Gasteiger partial charge in [-0.3, -0.25) is 19.3 Å². The summed E-state index contributed by atoms with van der Waals surface area (Å²) in [5.41, 5.74) is 1.88. The Bertz CT molecular complexity index is 1230. The smallest absolute Gasteiger partial charge is 0.261 e. The van der Waals surface area contributed by atoms with Crippen LogP contribution in [0.25, 0.3) is 0 Å². The van der Waals surface area contributed by atoms with Crippen molar-refractivity contribution in [3.63, 3.8) is 0 Å². The number of fused-ring (bicyclic) bond motifs is 1. The molecule has 8 heteroatoms. The van der Waals surface area contributed by atoms with Crippen molar-refractivity contribution in [1.29, 1.82) is 0 Å². The number of nitrogens with one attached hydrogen (secondary N) is 1. The number of benzene rings is 3. The molecule has 3 aromatic rings. The summed E-state index contributed by atoms with van der Waals surface area (Å²) >= 11 is 6.11. The van der Waals surface area contributed by atoms with Gasteiger partial charge < -0.3 is 14.8 Å². The lowest BCUT2D eigenvalue weighted by Crippen LogP contribution is -2.29. The average Bonchev–Trinajstić information content (AvgIpc) is 3.04. The molecule has 3 amide bonds. The summed E-state index contributed by atoms with van der Waals surface area (Å²) in [7, 11) is 2.92. The van der Waals surface area contributed by atoms with Crippen LogP contribution in [-0.2, 0) is 6.54 Å². The standard InChI is InChI=1S/C24H19ClN2O5/c1-31-20-12-19(21(32-2)11-18(20)25)26-22(28)15-8-9-16-17(10-15)24(30)27(23(16)29)13-14-6-4-3-5-7-14/h3-12H,13H2,1-2H3,(H,26,28). The number of halogens is 1. The Hall–Kier alpha value is -3.84. The Balaban J connectivity index is 1.59. The van der Waals surface area contributed by atoms with Crippen LogP contribution in [0.3, 0.4) is 0 Å². The highest BCUT2D eigenvalue weighted by Gasteiger charge is 2.36. The fourth-order valence-electron chi connectivity index (χ4n) is 3.49. The molecule has 0 aromatic heterocycles. The van der Waals surface area contributed by atoms with Crippen LogP contribution in [0.4, 0.5) is 5.69 Å². The fraction of sp³-hybridized carbons (Fsp3) is 0.125. The molecule has 0 saturated heterocycles. The molecule has 0 spiro atoms. The van der Waals surface area contributed by atoms with Gasteiger partial charge in [-0.05, 0) is 23.8 Å². The summed E-state index contributed by atoms with van der Waals surface area (Å²) in [5.74, 6) is -0.573. The van der Waals surface area contributed by atoms with Gasteiger partial charge in [-0.25, -0.2) is 0 Å². The van der Waals surface area contributed by atoms with Crippen molar-refractivity contribution in [3.8, 4) is 11.5 Å². The van der Waals surface area contributed by atoms with Crippen LogP contribution < -0.4 is 14.8 Å². The molecule has 7 nitrogen and oxygen atoms in total. The Morgan fingerprint density at radius 3 is 2.28 bits per heavy atom. The van der Waals surface area contributed by atoms with Gasteiger partial charge in [-0.1, -0.05) is 41.9 Å². The van der Waals surface area contributed by atoms with E-state index in [1.54, 1.807) is 6.07 Å². The van der Waals surface area contributed by atoms with Gasteiger partial charge in [0.2, 0.25) is 0 Å². The molecule has 0 aliphatic carbocycles. The van der Waals surface area contributed by atoms with Crippen molar-refractivity contribution in [2.75, 3.05) is 19.5 Å². The van der Waals surface area contributed by atoms with E-state index in [1.165, 1.54) is 43.4 Å². The van der Waals surface area contributed by atoms with E-state index in [0.29, 0.717) is 22.2 Å². The first-order chi connectivity index (χ1) is 15.4. The molecule has 1 heterocycles. The number of carbonyl (C=O) groups excluding carboxylic acids is 3. The lowest BCUT2D eigenvalue weighted by atomic mass is 10.1. The molecule has 32 heavy (non-hydrogen) atoms. The predicted octanol–water partition coefficient (Wildman–Crippen LogP) is 4.41. The zero-order valence-electron chi connectivity index (χ0n) is 17.3. The number of hydrogen-bond donors (Lipinski definition) is 1. The highest BCUT2D eigenvalue weighted by molar-refractivity contribution is 6.32. The van der Waals surface area contributed by atoms with Crippen LogP contribution in [0.1, 0.15) is 36.6 Å². The molecule has 0 saturated carbocycles. The van der Waals surface area contributed by atoms with E-state index < -0.39 is 11.8 Å². The maximum Gasteiger partial charge on any atom is 0.261 e. The number of rotatable bonds is 6. The second-order valence-electron chi connectivity index (χ2n) is 7.08. The number of amides is 3. The minimum absolute atomic E-state index is 0.163. The quantitative estimate of drug-likeness (QED) is 0.562. The summed E-state index contributed by atoms with van der Waals surface area (Å²) in [5, 5.41) is 3.07. The Morgan fingerprint density at radius 1 is 0.906 bits per heavy atom. The maximum atomic E-state index is 12.9. The number of imide groups is 1. The van der Waals surface area contributed by atoms with Gasteiger partial charge in [0.05, 0.1) is 42.6 Å². The molecule has 1 N–H and O–H groups in total. The number of anilines is 1. The van der Waals surface area contributed by atoms with Crippen molar-refractivity contribution in [2.45, 2.75) is 6.54 Å². The van der Waals surface area contributed by atoms with Gasteiger partial charge in [-0.2, -0.15) is 0 Å². The van der Waals surface area contributed by atoms with Gasteiger partial charge in [0.1, 0.15) is 11.5 Å². The lowest BCUT2D eigenvalue weighted by molar-refractivity contribution is 0.0642. The maximum absolute atomic E-state index is 12.9. The van der Waals surface area contributed by atoms with E-state index in [-0.39, 0.29) is 29.1 Å². The van der Waals surface area contributed by atoms with Crippen LogP contribution in [0, 0.1) is 0 Å². The summed E-state index contributed by atoms with van der Waals surface area (Å²) < 4.78 is 10.5. The second-order valence-corrected chi connectivity index (χ2v) is 7.49. The third kappa shape index (κ3) is 3.90. The summed E-state index contributed by atoms with van der Waals surface area (Å²) in [4.78, 5) is 39.7. The molecule has 0 bridgehead atoms. The SMILES string of the molecule is COc1cc(NC(=O)c2ccc3c(c2)C(=O)N(Cc2ccccc2)C3=O)c(OC)cc1Cl. The van der Waals surface area contributed by atoms with E-state index in [2.05, 4.69) is 5.32 Å². The monoisotopic (exact) mass is 450 g/mol. The molecule has 0 atom stereocenters.